The van der Waals surface area contributed by atoms with Gasteiger partial charge < -0.3 is 11.1 Å². The highest BCUT2D eigenvalue weighted by molar-refractivity contribution is 5.74. The minimum atomic E-state index is 0.0394. The Kier molecular flexibility index (Phi) is 4.68. The van der Waals surface area contributed by atoms with Crippen LogP contribution in [0.3, 0.4) is 0 Å². The van der Waals surface area contributed by atoms with E-state index >= 15 is 0 Å². The third-order valence-corrected chi connectivity index (χ3v) is 2.29. The van der Waals surface area contributed by atoms with Crippen molar-refractivity contribution < 1.29 is 0 Å². The molecule has 1 aromatic carbocycles. The van der Waals surface area contributed by atoms with Crippen LogP contribution >= 0.6 is 0 Å². The van der Waals surface area contributed by atoms with E-state index < -0.39 is 0 Å². The Hall–Kier alpha value is -1.51. The first-order valence-corrected chi connectivity index (χ1v) is 5.38. The molecule has 0 aromatic heterocycles. The fraction of sp³-hybridized carbons (Fsp3) is 0.417. The second kappa shape index (κ2) is 6.06. The van der Waals surface area contributed by atoms with Gasteiger partial charge in [-0.05, 0) is 24.0 Å². The maximum absolute atomic E-state index is 7.02. The Labute approximate surface area is 91.2 Å². The van der Waals surface area contributed by atoms with Crippen molar-refractivity contribution in [2.45, 2.75) is 26.2 Å². The van der Waals surface area contributed by atoms with Gasteiger partial charge in [-0.25, -0.2) is 0 Å². The molecule has 0 fully saturated rings. The summed E-state index contributed by atoms with van der Waals surface area (Å²) in [6.45, 7) is 2.91. The first kappa shape index (κ1) is 11.6. The molecule has 0 aliphatic rings. The lowest BCUT2D eigenvalue weighted by atomic mass is 10.1. The van der Waals surface area contributed by atoms with E-state index in [1.807, 2.05) is 0 Å². The summed E-state index contributed by atoms with van der Waals surface area (Å²) in [7, 11) is 0. The Morgan fingerprint density at radius 2 is 1.73 bits per heavy atom. The summed E-state index contributed by atoms with van der Waals surface area (Å²) in [5.41, 5.74) is 7.86. The molecular weight excluding hydrogens is 186 g/mol. The Morgan fingerprint density at radius 1 is 1.20 bits per heavy atom. The second-order valence-electron chi connectivity index (χ2n) is 3.66. The molecule has 0 atom stereocenters. The fourth-order valence-corrected chi connectivity index (χ4v) is 1.50. The molecule has 0 saturated carbocycles. The molecule has 0 bridgehead atoms. The van der Waals surface area contributed by atoms with Crippen LogP contribution in [-0.4, -0.2) is 12.5 Å². The number of benzene rings is 1. The zero-order chi connectivity index (χ0) is 11.1. The van der Waals surface area contributed by atoms with E-state index in [2.05, 4.69) is 36.5 Å². The number of hydrogen-bond acceptors (Lipinski definition) is 1. The molecule has 0 heterocycles. The lowest BCUT2D eigenvalue weighted by molar-refractivity contribution is 0.851. The van der Waals surface area contributed by atoms with Crippen molar-refractivity contribution in [3.8, 4) is 0 Å². The van der Waals surface area contributed by atoms with Crippen molar-refractivity contribution in [3.63, 3.8) is 0 Å². The van der Waals surface area contributed by atoms with Crippen LogP contribution in [0.4, 0.5) is 0 Å². The highest BCUT2D eigenvalue weighted by atomic mass is 15.0. The van der Waals surface area contributed by atoms with Crippen molar-refractivity contribution >= 4 is 5.96 Å². The Balaban J connectivity index is 2.39. The van der Waals surface area contributed by atoms with E-state index in [4.69, 9.17) is 11.1 Å². The monoisotopic (exact) mass is 205 g/mol. The standard InChI is InChI=1S/C12H19N3/c1-2-3-10-4-6-11(7-5-10)8-9-15-12(13)14/h4-7H,2-3,8-9H2,1H3,(H4,13,14,15). The molecule has 0 radical (unpaired) electrons. The number of nitrogens with one attached hydrogen (secondary N) is 2. The Morgan fingerprint density at radius 3 is 2.20 bits per heavy atom. The molecule has 0 aliphatic carbocycles. The van der Waals surface area contributed by atoms with Gasteiger partial charge >= 0.3 is 0 Å². The molecule has 1 aromatic rings. The molecule has 0 amide bonds. The first-order valence-electron chi connectivity index (χ1n) is 5.38. The van der Waals surface area contributed by atoms with Crippen molar-refractivity contribution in [3.05, 3.63) is 35.4 Å². The van der Waals surface area contributed by atoms with Gasteiger partial charge in [0.1, 0.15) is 0 Å². The number of nitrogens with two attached hydrogens (primary N) is 1. The predicted octanol–water partition coefficient (Wildman–Crippen LogP) is 1.66. The Bertz CT molecular complexity index is 303. The van der Waals surface area contributed by atoms with E-state index in [-0.39, 0.29) is 5.96 Å². The molecule has 4 N–H and O–H groups in total. The smallest absolute Gasteiger partial charge is 0.185 e. The summed E-state index contributed by atoms with van der Waals surface area (Å²) in [5, 5.41) is 9.81. The van der Waals surface area contributed by atoms with E-state index in [0.29, 0.717) is 0 Å². The van der Waals surface area contributed by atoms with Gasteiger partial charge in [-0.1, -0.05) is 37.6 Å². The van der Waals surface area contributed by atoms with Crippen molar-refractivity contribution in [2.24, 2.45) is 5.73 Å². The maximum Gasteiger partial charge on any atom is 0.185 e. The highest BCUT2D eigenvalue weighted by Crippen LogP contribution is 2.06. The number of aryl methyl sites for hydroxylation is 1. The van der Waals surface area contributed by atoms with Gasteiger partial charge in [0.25, 0.3) is 0 Å². The number of guanidine groups is 1. The van der Waals surface area contributed by atoms with Crippen molar-refractivity contribution in [2.75, 3.05) is 6.54 Å². The topological polar surface area (TPSA) is 61.9 Å². The van der Waals surface area contributed by atoms with E-state index in [1.165, 1.54) is 17.5 Å². The van der Waals surface area contributed by atoms with Crippen LogP contribution in [0, 0.1) is 5.41 Å². The van der Waals surface area contributed by atoms with Crippen molar-refractivity contribution in [1.82, 2.24) is 5.32 Å². The van der Waals surface area contributed by atoms with Crippen LogP contribution in [0.25, 0.3) is 0 Å². The van der Waals surface area contributed by atoms with Gasteiger partial charge in [-0.2, -0.15) is 0 Å². The van der Waals surface area contributed by atoms with Crippen LogP contribution in [0.15, 0.2) is 24.3 Å². The largest absolute Gasteiger partial charge is 0.370 e. The fourth-order valence-electron chi connectivity index (χ4n) is 1.50. The quantitative estimate of drug-likeness (QED) is 0.506. The molecule has 82 valence electrons. The first-order chi connectivity index (χ1) is 7.22. The lowest BCUT2D eigenvalue weighted by Crippen LogP contribution is -2.31. The van der Waals surface area contributed by atoms with Gasteiger partial charge in [-0.15, -0.1) is 0 Å². The summed E-state index contributed by atoms with van der Waals surface area (Å²) in [5.74, 6) is 0.0394. The van der Waals surface area contributed by atoms with E-state index in [9.17, 15) is 0 Å². The summed E-state index contributed by atoms with van der Waals surface area (Å²) >= 11 is 0. The summed E-state index contributed by atoms with van der Waals surface area (Å²) in [6.07, 6.45) is 3.24. The maximum atomic E-state index is 7.02. The molecular formula is C12H19N3. The molecule has 0 spiro atoms. The zero-order valence-electron chi connectivity index (χ0n) is 9.22. The van der Waals surface area contributed by atoms with Gasteiger partial charge in [0.15, 0.2) is 5.96 Å². The molecule has 15 heavy (non-hydrogen) atoms. The van der Waals surface area contributed by atoms with Crippen LogP contribution in [0.1, 0.15) is 24.5 Å². The van der Waals surface area contributed by atoms with Gasteiger partial charge in [0, 0.05) is 6.54 Å². The number of hydrogen-bond donors (Lipinski definition) is 3. The minimum Gasteiger partial charge on any atom is -0.370 e. The van der Waals surface area contributed by atoms with E-state index in [1.54, 1.807) is 0 Å². The molecule has 1 rings (SSSR count). The molecule has 0 aliphatic heterocycles. The summed E-state index contributed by atoms with van der Waals surface area (Å²) < 4.78 is 0. The van der Waals surface area contributed by atoms with Gasteiger partial charge in [0.05, 0.1) is 0 Å². The number of rotatable bonds is 5. The average Bonchev–Trinajstić information content (AvgIpc) is 2.20. The molecule has 3 heteroatoms. The third-order valence-electron chi connectivity index (χ3n) is 2.29. The normalized spacial score (nSPS) is 9.93. The SMILES string of the molecule is CCCc1ccc(CCNC(=N)N)cc1. The lowest BCUT2D eigenvalue weighted by Gasteiger charge is -2.05. The van der Waals surface area contributed by atoms with Crippen LogP contribution < -0.4 is 11.1 Å². The molecule has 0 unspecified atom stereocenters. The summed E-state index contributed by atoms with van der Waals surface area (Å²) in [4.78, 5) is 0. The van der Waals surface area contributed by atoms with Crippen molar-refractivity contribution in [1.29, 1.82) is 5.41 Å². The third kappa shape index (κ3) is 4.49. The predicted molar refractivity (Wildman–Crippen MR) is 64.1 cm³/mol. The minimum absolute atomic E-state index is 0.0394. The van der Waals surface area contributed by atoms with Gasteiger partial charge in [-0.3, -0.25) is 5.41 Å². The van der Waals surface area contributed by atoms with Crippen LogP contribution in [-0.2, 0) is 12.8 Å². The zero-order valence-corrected chi connectivity index (χ0v) is 9.22. The van der Waals surface area contributed by atoms with Crippen LogP contribution in [0.2, 0.25) is 0 Å². The molecule has 3 nitrogen and oxygen atoms in total. The van der Waals surface area contributed by atoms with Gasteiger partial charge in [0.2, 0.25) is 0 Å². The molecule has 0 saturated heterocycles. The second-order valence-corrected chi connectivity index (χ2v) is 3.66. The van der Waals surface area contributed by atoms with E-state index in [0.717, 1.165) is 19.4 Å². The average molecular weight is 205 g/mol. The highest BCUT2D eigenvalue weighted by Gasteiger charge is 1.94. The summed E-state index contributed by atoms with van der Waals surface area (Å²) in [6, 6.07) is 8.64. The van der Waals surface area contributed by atoms with Crippen LogP contribution in [0.5, 0.6) is 0 Å².